The van der Waals surface area contributed by atoms with E-state index in [0.717, 1.165) is 13.1 Å². The number of aliphatic carboxylic acids is 1. The number of hydrogen-bond acceptors (Lipinski definition) is 3. The fourth-order valence-corrected chi connectivity index (χ4v) is 1.87. The van der Waals surface area contributed by atoms with Crippen LogP contribution in [0.1, 0.15) is 18.1 Å². The molecule has 0 spiro atoms. The third-order valence-electron chi connectivity index (χ3n) is 3.09. The Balaban J connectivity index is 2.62. The third kappa shape index (κ3) is 5.85. The molecule has 1 aromatic rings. The zero-order valence-corrected chi connectivity index (χ0v) is 11.9. The molecule has 106 valence electrons. The highest BCUT2D eigenvalue weighted by molar-refractivity contribution is 5.69. The number of carbonyl (C=O) groups is 1. The van der Waals surface area contributed by atoms with E-state index in [4.69, 9.17) is 9.84 Å². The molecule has 4 nitrogen and oxygen atoms in total. The van der Waals surface area contributed by atoms with Crippen molar-refractivity contribution in [1.29, 1.82) is 0 Å². The summed E-state index contributed by atoms with van der Waals surface area (Å²) >= 11 is 0. The molecule has 0 heterocycles. The van der Waals surface area contributed by atoms with Crippen LogP contribution in [-0.2, 0) is 16.1 Å². The maximum atomic E-state index is 10.9. The van der Waals surface area contributed by atoms with Gasteiger partial charge in [0.25, 0.3) is 0 Å². The lowest BCUT2D eigenvalue weighted by atomic mass is 10.1. The Kier molecular flexibility index (Phi) is 6.53. The SMILES string of the molecule is COCCN(Cc1ccc(C)cc1)CC(C)C(=O)O. The van der Waals surface area contributed by atoms with E-state index in [0.29, 0.717) is 13.2 Å². The lowest BCUT2D eigenvalue weighted by Crippen LogP contribution is -2.33. The summed E-state index contributed by atoms with van der Waals surface area (Å²) < 4.78 is 5.08. The van der Waals surface area contributed by atoms with Crippen molar-refractivity contribution in [2.45, 2.75) is 20.4 Å². The molecule has 0 aliphatic heterocycles. The summed E-state index contributed by atoms with van der Waals surface area (Å²) in [5.74, 6) is -1.13. The molecule has 0 amide bonds. The van der Waals surface area contributed by atoms with Gasteiger partial charge in [-0.25, -0.2) is 0 Å². The highest BCUT2D eigenvalue weighted by Gasteiger charge is 2.16. The molecule has 1 rings (SSSR count). The van der Waals surface area contributed by atoms with Gasteiger partial charge in [0, 0.05) is 26.7 Å². The van der Waals surface area contributed by atoms with Crippen LogP contribution in [0.15, 0.2) is 24.3 Å². The second-order valence-electron chi connectivity index (χ2n) is 4.95. The molecule has 0 fully saturated rings. The topological polar surface area (TPSA) is 49.8 Å². The average molecular weight is 265 g/mol. The predicted molar refractivity (Wildman–Crippen MR) is 75.1 cm³/mol. The number of rotatable bonds is 8. The molecule has 0 saturated carbocycles. The molecule has 1 unspecified atom stereocenters. The van der Waals surface area contributed by atoms with Crippen molar-refractivity contribution in [2.75, 3.05) is 26.8 Å². The van der Waals surface area contributed by atoms with Gasteiger partial charge < -0.3 is 9.84 Å². The van der Waals surface area contributed by atoms with Gasteiger partial charge in [0.2, 0.25) is 0 Å². The summed E-state index contributed by atoms with van der Waals surface area (Å²) in [5.41, 5.74) is 2.42. The van der Waals surface area contributed by atoms with Crippen LogP contribution in [0.4, 0.5) is 0 Å². The number of benzene rings is 1. The summed E-state index contributed by atoms with van der Waals surface area (Å²) in [6.45, 7) is 6.42. The van der Waals surface area contributed by atoms with Crippen LogP contribution in [0, 0.1) is 12.8 Å². The van der Waals surface area contributed by atoms with Crippen LogP contribution >= 0.6 is 0 Å². The molecule has 4 heteroatoms. The molecular weight excluding hydrogens is 242 g/mol. The molecule has 0 aliphatic carbocycles. The van der Waals surface area contributed by atoms with Crippen molar-refractivity contribution >= 4 is 5.97 Å². The second kappa shape index (κ2) is 7.92. The van der Waals surface area contributed by atoms with Crippen LogP contribution in [0.2, 0.25) is 0 Å². The van der Waals surface area contributed by atoms with Gasteiger partial charge in [-0.1, -0.05) is 36.8 Å². The number of aryl methyl sites for hydroxylation is 1. The molecule has 0 saturated heterocycles. The van der Waals surface area contributed by atoms with Gasteiger partial charge in [-0.2, -0.15) is 0 Å². The first-order valence-electron chi connectivity index (χ1n) is 6.52. The van der Waals surface area contributed by atoms with Crippen molar-refractivity contribution in [3.8, 4) is 0 Å². The standard InChI is InChI=1S/C15H23NO3/c1-12-4-6-14(7-5-12)11-16(8-9-19-3)10-13(2)15(17)18/h4-7,13H,8-11H2,1-3H3,(H,17,18). The van der Waals surface area contributed by atoms with E-state index in [-0.39, 0.29) is 5.92 Å². The first-order chi connectivity index (χ1) is 9.02. The fourth-order valence-electron chi connectivity index (χ4n) is 1.87. The molecule has 19 heavy (non-hydrogen) atoms. The number of ether oxygens (including phenoxy) is 1. The molecule has 0 aromatic heterocycles. The Bertz CT molecular complexity index is 389. The lowest BCUT2D eigenvalue weighted by Gasteiger charge is -2.24. The summed E-state index contributed by atoms with van der Waals surface area (Å²) in [5, 5.41) is 9.00. The van der Waals surface area contributed by atoms with Crippen molar-refractivity contribution in [3.05, 3.63) is 35.4 Å². The minimum absolute atomic E-state index is 0.373. The van der Waals surface area contributed by atoms with Crippen LogP contribution in [0.5, 0.6) is 0 Å². The second-order valence-corrected chi connectivity index (χ2v) is 4.95. The Labute approximate surface area is 115 Å². The Morgan fingerprint density at radius 1 is 1.37 bits per heavy atom. The van der Waals surface area contributed by atoms with Crippen molar-refractivity contribution in [1.82, 2.24) is 4.90 Å². The van der Waals surface area contributed by atoms with Gasteiger partial charge in [-0.05, 0) is 12.5 Å². The quantitative estimate of drug-likeness (QED) is 0.782. The monoisotopic (exact) mass is 265 g/mol. The number of carboxylic acid groups (broad SMARTS) is 1. The highest BCUT2D eigenvalue weighted by Crippen LogP contribution is 2.09. The first-order valence-corrected chi connectivity index (χ1v) is 6.52. The number of carboxylic acids is 1. The molecular formula is C15H23NO3. The molecule has 1 atom stereocenters. The molecule has 0 bridgehead atoms. The Morgan fingerprint density at radius 3 is 2.53 bits per heavy atom. The third-order valence-corrected chi connectivity index (χ3v) is 3.09. The predicted octanol–water partition coefficient (Wildman–Crippen LogP) is 2.16. The minimum atomic E-state index is -0.758. The van der Waals surface area contributed by atoms with E-state index < -0.39 is 5.97 Å². The van der Waals surface area contributed by atoms with Gasteiger partial charge in [0.15, 0.2) is 0 Å². The molecule has 0 aliphatic rings. The van der Waals surface area contributed by atoms with Crippen molar-refractivity contribution in [3.63, 3.8) is 0 Å². The van der Waals surface area contributed by atoms with E-state index in [2.05, 4.69) is 36.1 Å². The van der Waals surface area contributed by atoms with Crippen LogP contribution in [0.25, 0.3) is 0 Å². The van der Waals surface area contributed by atoms with Gasteiger partial charge in [-0.15, -0.1) is 0 Å². The van der Waals surface area contributed by atoms with E-state index in [1.165, 1.54) is 11.1 Å². The smallest absolute Gasteiger partial charge is 0.307 e. The van der Waals surface area contributed by atoms with Crippen LogP contribution in [0.3, 0.4) is 0 Å². The van der Waals surface area contributed by atoms with Crippen LogP contribution in [-0.4, -0.2) is 42.8 Å². The summed E-state index contributed by atoms with van der Waals surface area (Å²) in [6.07, 6.45) is 0. The Morgan fingerprint density at radius 2 is 2.00 bits per heavy atom. The fraction of sp³-hybridized carbons (Fsp3) is 0.533. The lowest BCUT2D eigenvalue weighted by molar-refractivity contribution is -0.141. The molecule has 0 radical (unpaired) electrons. The van der Waals surface area contributed by atoms with Crippen molar-refractivity contribution in [2.24, 2.45) is 5.92 Å². The van der Waals surface area contributed by atoms with Gasteiger partial charge >= 0.3 is 5.97 Å². The number of hydrogen-bond donors (Lipinski definition) is 1. The van der Waals surface area contributed by atoms with Crippen LogP contribution < -0.4 is 0 Å². The zero-order chi connectivity index (χ0) is 14.3. The van der Waals surface area contributed by atoms with Gasteiger partial charge in [0.05, 0.1) is 12.5 Å². The Hall–Kier alpha value is -1.39. The largest absolute Gasteiger partial charge is 0.481 e. The normalized spacial score (nSPS) is 12.6. The zero-order valence-electron chi connectivity index (χ0n) is 11.9. The average Bonchev–Trinajstić information content (AvgIpc) is 2.38. The summed E-state index contributed by atoms with van der Waals surface area (Å²) in [4.78, 5) is 13.1. The first kappa shape index (κ1) is 15.7. The number of nitrogens with zero attached hydrogens (tertiary/aromatic N) is 1. The molecule has 1 aromatic carbocycles. The summed E-state index contributed by atoms with van der Waals surface area (Å²) in [6, 6.07) is 8.32. The number of methoxy groups -OCH3 is 1. The van der Waals surface area contributed by atoms with Gasteiger partial charge in [-0.3, -0.25) is 9.69 Å². The molecule has 1 N–H and O–H groups in total. The maximum absolute atomic E-state index is 10.9. The summed E-state index contributed by atoms with van der Waals surface area (Å²) in [7, 11) is 1.66. The van der Waals surface area contributed by atoms with E-state index in [1.807, 2.05) is 0 Å². The van der Waals surface area contributed by atoms with Gasteiger partial charge in [0.1, 0.15) is 0 Å². The highest BCUT2D eigenvalue weighted by atomic mass is 16.5. The van der Waals surface area contributed by atoms with Crippen molar-refractivity contribution < 1.29 is 14.6 Å². The maximum Gasteiger partial charge on any atom is 0.307 e. The minimum Gasteiger partial charge on any atom is -0.481 e. The van der Waals surface area contributed by atoms with E-state index >= 15 is 0 Å². The van der Waals surface area contributed by atoms with E-state index in [9.17, 15) is 4.79 Å². The van der Waals surface area contributed by atoms with E-state index in [1.54, 1.807) is 14.0 Å².